The first-order chi connectivity index (χ1) is 22.6. The van der Waals surface area contributed by atoms with Crippen molar-refractivity contribution in [3.05, 3.63) is 102 Å². The van der Waals surface area contributed by atoms with E-state index in [1.54, 1.807) is 12.1 Å². The van der Waals surface area contributed by atoms with Gasteiger partial charge in [0, 0.05) is 43.6 Å². The van der Waals surface area contributed by atoms with Crippen molar-refractivity contribution in [2.24, 2.45) is 0 Å². The van der Waals surface area contributed by atoms with Crippen molar-refractivity contribution in [1.29, 1.82) is 0 Å². The molecule has 1 aliphatic heterocycles. The monoisotopic (exact) mass is 718 g/mol. The molecule has 0 bridgehead atoms. The SMILES string of the molecule is O=C(NC1(Cc2ccc(F)cc2)C=C(CN(C(=S)Nc2ccccc2)c2cccc(OCCCN3CCOCC3)c2)CC1)C(Cl)(Cl)Cl. The zero-order valence-corrected chi connectivity index (χ0v) is 29.0. The van der Waals surface area contributed by atoms with Gasteiger partial charge in [0.25, 0.3) is 9.70 Å². The molecule has 1 fully saturated rings. The fourth-order valence-corrected chi connectivity index (χ4v) is 6.26. The number of hydrogen-bond donors (Lipinski definition) is 2. The van der Waals surface area contributed by atoms with Crippen LogP contribution in [0.25, 0.3) is 0 Å². The summed E-state index contributed by atoms with van der Waals surface area (Å²) < 4.78 is 23.2. The standard InChI is InChI=1S/C35H38Cl3FN4O3S/c36-35(37,38)32(44)41-34(23-26-10-12-28(39)13-11-26)15-14-27(24-34)25-43(33(47)40-29-6-2-1-3-7-29)30-8-4-9-31(22-30)46-19-5-16-42-17-20-45-21-18-42/h1-4,6-13,22,24H,5,14-21,23,25H2,(H,40,47)(H,41,44). The van der Waals surface area contributed by atoms with Gasteiger partial charge in [0.05, 0.1) is 25.4 Å². The summed E-state index contributed by atoms with van der Waals surface area (Å²) in [6, 6.07) is 23.8. The lowest BCUT2D eigenvalue weighted by Crippen LogP contribution is -2.51. The quantitative estimate of drug-likeness (QED) is 0.0881. The third-order valence-electron chi connectivity index (χ3n) is 8.18. The Morgan fingerprint density at radius 2 is 1.79 bits per heavy atom. The van der Waals surface area contributed by atoms with Crippen molar-refractivity contribution in [2.75, 3.05) is 56.2 Å². The number of carbonyl (C=O) groups excluding carboxylic acids is 1. The highest BCUT2D eigenvalue weighted by atomic mass is 35.6. The first-order valence-corrected chi connectivity index (χ1v) is 17.1. The predicted octanol–water partition coefficient (Wildman–Crippen LogP) is 7.32. The molecule has 1 saturated heterocycles. The van der Waals surface area contributed by atoms with Gasteiger partial charge in [-0.25, -0.2) is 4.39 Å². The van der Waals surface area contributed by atoms with Crippen molar-refractivity contribution in [1.82, 2.24) is 10.2 Å². The van der Waals surface area contributed by atoms with Gasteiger partial charge in [-0.05, 0) is 79.9 Å². The Labute approximate surface area is 295 Å². The van der Waals surface area contributed by atoms with Gasteiger partial charge in [-0.2, -0.15) is 0 Å². The van der Waals surface area contributed by atoms with E-state index in [0.29, 0.717) is 37.5 Å². The first-order valence-electron chi connectivity index (χ1n) is 15.6. The number of nitrogens with one attached hydrogen (secondary N) is 2. The number of anilines is 2. The van der Waals surface area contributed by atoms with Crippen LogP contribution in [0.3, 0.4) is 0 Å². The maximum Gasteiger partial charge on any atom is 0.272 e. The van der Waals surface area contributed by atoms with Crippen LogP contribution in [0.1, 0.15) is 24.8 Å². The highest BCUT2D eigenvalue weighted by Crippen LogP contribution is 2.36. The normalized spacial score (nSPS) is 18.3. The summed E-state index contributed by atoms with van der Waals surface area (Å²) >= 11 is 23.9. The summed E-state index contributed by atoms with van der Waals surface area (Å²) in [5, 5.41) is 6.83. The van der Waals surface area contributed by atoms with Crippen molar-refractivity contribution in [3.8, 4) is 5.75 Å². The average molecular weight is 720 g/mol. The second-order valence-electron chi connectivity index (χ2n) is 11.7. The molecule has 1 amide bonds. The molecule has 3 aromatic rings. The molecule has 2 aliphatic rings. The molecule has 7 nitrogen and oxygen atoms in total. The summed E-state index contributed by atoms with van der Waals surface area (Å²) in [4.78, 5) is 17.3. The Morgan fingerprint density at radius 3 is 2.51 bits per heavy atom. The van der Waals surface area contributed by atoms with Gasteiger partial charge in [-0.3, -0.25) is 9.69 Å². The second-order valence-corrected chi connectivity index (χ2v) is 14.4. The number of alkyl halides is 3. The topological polar surface area (TPSA) is 66.1 Å². The number of para-hydroxylation sites is 1. The van der Waals surface area contributed by atoms with E-state index in [0.717, 1.165) is 67.5 Å². The largest absolute Gasteiger partial charge is 0.493 e. The van der Waals surface area contributed by atoms with Gasteiger partial charge in [0.1, 0.15) is 11.6 Å². The van der Waals surface area contributed by atoms with Crippen LogP contribution in [-0.4, -0.2) is 71.3 Å². The van der Waals surface area contributed by atoms with Gasteiger partial charge in [0.2, 0.25) is 0 Å². The van der Waals surface area contributed by atoms with Crippen LogP contribution in [0.15, 0.2) is 90.5 Å². The molecule has 2 N–H and O–H groups in total. The highest BCUT2D eigenvalue weighted by Gasteiger charge is 2.40. The number of morpholine rings is 1. The third-order valence-corrected chi connectivity index (χ3v) is 9.01. The molecule has 5 rings (SSSR count). The first kappa shape index (κ1) is 35.4. The lowest BCUT2D eigenvalue weighted by Gasteiger charge is -2.31. The molecule has 12 heteroatoms. The van der Waals surface area contributed by atoms with E-state index in [1.165, 1.54) is 12.1 Å². The maximum absolute atomic E-state index is 13.7. The van der Waals surface area contributed by atoms with E-state index in [4.69, 9.17) is 56.5 Å². The summed E-state index contributed by atoms with van der Waals surface area (Å²) in [6.45, 7) is 5.44. The molecule has 1 unspecified atom stereocenters. The van der Waals surface area contributed by atoms with Gasteiger partial charge in [-0.1, -0.05) is 82.9 Å². The average Bonchev–Trinajstić information content (AvgIpc) is 3.45. The minimum Gasteiger partial charge on any atom is -0.493 e. The van der Waals surface area contributed by atoms with Crippen LogP contribution >= 0.6 is 47.0 Å². The van der Waals surface area contributed by atoms with E-state index in [1.807, 2.05) is 65.6 Å². The van der Waals surface area contributed by atoms with Crippen LogP contribution in [-0.2, 0) is 16.0 Å². The smallest absolute Gasteiger partial charge is 0.272 e. The van der Waals surface area contributed by atoms with Crippen LogP contribution in [0.4, 0.5) is 15.8 Å². The number of nitrogens with zero attached hydrogens (tertiary/aromatic N) is 2. The van der Waals surface area contributed by atoms with Crippen LogP contribution in [0.2, 0.25) is 0 Å². The lowest BCUT2D eigenvalue weighted by molar-refractivity contribution is -0.121. The molecule has 0 spiro atoms. The summed E-state index contributed by atoms with van der Waals surface area (Å²) in [7, 11) is 0. The molecule has 47 heavy (non-hydrogen) atoms. The highest BCUT2D eigenvalue weighted by molar-refractivity contribution is 7.80. The molecule has 0 aromatic heterocycles. The number of thiocarbonyl (C=S) groups is 1. The van der Waals surface area contributed by atoms with Crippen molar-refractivity contribution >= 4 is 69.4 Å². The van der Waals surface area contributed by atoms with Gasteiger partial charge in [-0.15, -0.1) is 0 Å². The number of amides is 1. The zero-order valence-electron chi connectivity index (χ0n) is 25.9. The number of halogens is 4. The molecular formula is C35H38Cl3FN4O3S. The van der Waals surface area contributed by atoms with Crippen LogP contribution < -0.4 is 20.3 Å². The van der Waals surface area contributed by atoms with E-state index >= 15 is 0 Å². The van der Waals surface area contributed by atoms with Crippen molar-refractivity contribution < 1.29 is 18.7 Å². The van der Waals surface area contributed by atoms with Crippen molar-refractivity contribution in [2.45, 2.75) is 35.0 Å². The lowest BCUT2D eigenvalue weighted by atomic mass is 9.90. The number of hydrogen-bond acceptors (Lipinski definition) is 5. The van der Waals surface area contributed by atoms with E-state index in [-0.39, 0.29) is 5.82 Å². The van der Waals surface area contributed by atoms with Crippen LogP contribution in [0, 0.1) is 5.82 Å². The fraction of sp³-hybridized carbons (Fsp3) is 0.371. The molecule has 1 heterocycles. The molecule has 0 saturated carbocycles. The Kier molecular flexibility index (Phi) is 12.4. The van der Waals surface area contributed by atoms with Crippen LogP contribution in [0.5, 0.6) is 5.75 Å². The summed E-state index contributed by atoms with van der Waals surface area (Å²) in [6.07, 6.45) is 4.54. The summed E-state index contributed by atoms with van der Waals surface area (Å²) in [5.74, 6) is -0.314. The van der Waals surface area contributed by atoms with E-state index in [2.05, 4.69) is 15.5 Å². The number of carbonyl (C=O) groups is 1. The van der Waals surface area contributed by atoms with E-state index in [9.17, 15) is 9.18 Å². The fourth-order valence-electron chi connectivity index (χ4n) is 5.83. The Balaban J connectivity index is 1.36. The number of ether oxygens (including phenoxy) is 2. The third kappa shape index (κ3) is 10.5. The van der Waals surface area contributed by atoms with Gasteiger partial charge < -0.3 is 25.0 Å². The number of rotatable bonds is 12. The summed E-state index contributed by atoms with van der Waals surface area (Å²) in [5.41, 5.74) is 2.74. The van der Waals surface area contributed by atoms with Gasteiger partial charge in [0.15, 0.2) is 5.11 Å². The molecule has 3 aromatic carbocycles. The maximum atomic E-state index is 13.7. The molecule has 1 aliphatic carbocycles. The van der Waals surface area contributed by atoms with E-state index < -0.39 is 15.2 Å². The van der Waals surface area contributed by atoms with Crippen molar-refractivity contribution in [3.63, 3.8) is 0 Å². The Hall–Kier alpha value is -2.92. The molecule has 1 atom stereocenters. The molecule has 250 valence electrons. The minimum absolute atomic E-state index is 0.339. The number of benzene rings is 3. The minimum atomic E-state index is -2.14. The predicted molar refractivity (Wildman–Crippen MR) is 192 cm³/mol. The molecule has 0 radical (unpaired) electrons. The second kappa shape index (κ2) is 16.5. The zero-order chi connectivity index (χ0) is 33.3. The Morgan fingerprint density at radius 1 is 1.04 bits per heavy atom. The molecular weight excluding hydrogens is 682 g/mol. The Bertz CT molecular complexity index is 1540. The van der Waals surface area contributed by atoms with Gasteiger partial charge >= 0.3 is 0 Å².